The van der Waals surface area contributed by atoms with E-state index in [1.54, 1.807) is 24.3 Å². The van der Waals surface area contributed by atoms with Crippen LogP contribution < -0.4 is 4.74 Å². The predicted molar refractivity (Wildman–Crippen MR) is 52.2 cm³/mol. The number of ether oxygens (including phenoxy) is 2. The molecule has 1 rings (SSSR count). The van der Waals surface area contributed by atoms with Gasteiger partial charge in [0.15, 0.2) is 0 Å². The molecule has 0 heterocycles. The second-order valence-electron chi connectivity index (χ2n) is 2.27. The summed E-state index contributed by atoms with van der Waals surface area (Å²) in [5, 5.41) is 0. The summed E-state index contributed by atoms with van der Waals surface area (Å²) in [6.45, 7) is 0. The smallest absolute Gasteiger partial charge is 0.337 e. The Bertz CT molecular complexity index is 281. The molecule has 0 radical (unpaired) electrons. The summed E-state index contributed by atoms with van der Waals surface area (Å²) >= 11 is 3.13. The molecule has 0 aliphatic carbocycles. The summed E-state index contributed by atoms with van der Waals surface area (Å²) in [7, 11) is 1.35. The van der Waals surface area contributed by atoms with Gasteiger partial charge in [0.2, 0.25) is 0 Å². The minimum absolute atomic E-state index is 0.342. The SMILES string of the molecule is COC(=O)c1ccc(OCBr)cc1. The molecule has 0 aliphatic heterocycles. The molecule has 0 unspecified atom stereocenters. The molecule has 0 atom stereocenters. The fraction of sp³-hybridized carbons (Fsp3) is 0.222. The van der Waals surface area contributed by atoms with Gasteiger partial charge < -0.3 is 9.47 Å². The number of carbonyl (C=O) groups is 1. The summed E-state index contributed by atoms with van der Waals surface area (Å²) in [4.78, 5) is 11.0. The standard InChI is InChI=1S/C9H9BrO3/c1-12-9(11)7-2-4-8(5-3-7)13-6-10/h2-5H,6H2,1H3. The number of halogens is 1. The maximum Gasteiger partial charge on any atom is 0.337 e. The molecule has 0 spiro atoms. The van der Waals surface area contributed by atoms with Gasteiger partial charge in [-0.3, -0.25) is 0 Å². The highest BCUT2D eigenvalue weighted by atomic mass is 79.9. The highest BCUT2D eigenvalue weighted by Gasteiger charge is 2.03. The lowest BCUT2D eigenvalue weighted by Gasteiger charge is -2.02. The number of esters is 1. The van der Waals surface area contributed by atoms with Crippen LogP contribution in [-0.4, -0.2) is 18.6 Å². The molecule has 0 aliphatic rings. The molecule has 0 saturated heterocycles. The van der Waals surface area contributed by atoms with Gasteiger partial charge in [-0.1, -0.05) is 0 Å². The first-order chi connectivity index (χ1) is 6.27. The highest BCUT2D eigenvalue weighted by Crippen LogP contribution is 2.13. The van der Waals surface area contributed by atoms with Gasteiger partial charge in [-0.2, -0.15) is 0 Å². The van der Waals surface area contributed by atoms with E-state index in [2.05, 4.69) is 20.7 Å². The summed E-state index contributed by atoms with van der Waals surface area (Å²) < 4.78 is 9.69. The van der Waals surface area contributed by atoms with Crippen LogP contribution in [-0.2, 0) is 4.74 Å². The number of hydrogen-bond acceptors (Lipinski definition) is 3. The average Bonchev–Trinajstić information content (AvgIpc) is 2.18. The van der Waals surface area contributed by atoms with Crippen LogP contribution in [0.4, 0.5) is 0 Å². The van der Waals surface area contributed by atoms with Crippen molar-refractivity contribution < 1.29 is 14.3 Å². The van der Waals surface area contributed by atoms with E-state index in [4.69, 9.17) is 4.74 Å². The van der Waals surface area contributed by atoms with E-state index >= 15 is 0 Å². The van der Waals surface area contributed by atoms with E-state index in [-0.39, 0.29) is 5.97 Å². The second kappa shape index (κ2) is 4.87. The van der Waals surface area contributed by atoms with Crippen molar-refractivity contribution in [1.29, 1.82) is 0 Å². The van der Waals surface area contributed by atoms with E-state index in [1.165, 1.54) is 7.11 Å². The van der Waals surface area contributed by atoms with Crippen molar-refractivity contribution in [2.75, 3.05) is 12.6 Å². The van der Waals surface area contributed by atoms with E-state index in [1.807, 2.05) is 0 Å². The Labute approximate surface area is 84.8 Å². The van der Waals surface area contributed by atoms with Gasteiger partial charge in [-0.25, -0.2) is 4.79 Å². The summed E-state index contributed by atoms with van der Waals surface area (Å²) in [5.74, 6) is 0.370. The molecule has 0 bridgehead atoms. The number of alkyl halides is 1. The Morgan fingerprint density at radius 1 is 1.38 bits per heavy atom. The highest BCUT2D eigenvalue weighted by molar-refractivity contribution is 9.09. The Morgan fingerprint density at radius 3 is 2.46 bits per heavy atom. The Hall–Kier alpha value is -1.03. The molecule has 1 aromatic rings. The van der Waals surface area contributed by atoms with Gasteiger partial charge in [-0.05, 0) is 40.2 Å². The van der Waals surface area contributed by atoms with Gasteiger partial charge in [0.05, 0.1) is 12.7 Å². The predicted octanol–water partition coefficient (Wildman–Crippen LogP) is 2.20. The topological polar surface area (TPSA) is 35.5 Å². The lowest BCUT2D eigenvalue weighted by Crippen LogP contribution is -2.00. The minimum Gasteiger partial charge on any atom is -0.482 e. The zero-order chi connectivity index (χ0) is 9.68. The third-order valence-electron chi connectivity index (χ3n) is 1.50. The van der Waals surface area contributed by atoms with Crippen LogP contribution in [0.3, 0.4) is 0 Å². The van der Waals surface area contributed by atoms with E-state index < -0.39 is 0 Å². The normalized spacial score (nSPS) is 9.38. The quantitative estimate of drug-likeness (QED) is 0.605. The summed E-state index contributed by atoms with van der Waals surface area (Å²) in [6.07, 6.45) is 0. The molecule has 4 heteroatoms. The molecule has 70 valence electrons. The monoisotopic (exact) mass is 244 g/mol. The van der Waals surface area contributed by atoms with Crippen molar-refractivity contribution in [3.63, 3.8) is 0 Å². The third kappa shape index (κ3) is 2.73. The van der Waals surface area contributed by atoms with Gasteiger partial charge in [-0.15, -0.1) is 0 Å². The van der Waals surface area contributed by atoms with Crippen molar-refractivity contribution in [3.8, 4) is 5.75 Å². The molecule has 13 heavy (non-hydrogen) atoms. The molecular weight excluding hydrogens is 236 g/mol. The fourth-order valence-electron chi connectivity index (χ4n) is 0.868. The lowest BCUT2D eigenvalue weighted by atomic mass is 10.2. The van der Waals surface area contributed by atoms with Gasteiger partial charge in [0.25, 0.3) is 0 Å². The van der Waals surface area contributed by atoms with Crippen molar-refractivity contribution in [1.82, 2.24) is 0 Å². The van der Waals surface area contributed by atoms with E-state index in [9.17, 15) is 4.79 Å². The number of carbonyl (C=O) groups excluding carboxylic acids is 1. The molecule has 3 nitrogen and oxygen atoms in total. The number of methoxy groups -OCH3 is 1. The minimum atomic E-state index is -0.342. The van der Waals surface area contributed by atoms with Crippen LogP contribution in [0.5, 0.6) is 5.75 Å². The van der Waals surface area contributed by atoms with E-state index in [0.717, 1.165) is 0 Å². The second-order valence-corrected chi connectivity index (χ2v) is 2.73. The van der Waals surface area contributed by atoms with Crippen molar-refractivity contribution in [2.45, 2.75) is 0 Å². The van der Waals surface area contributed by atoms with Crippen LogP contribution in [0.25, 0.3) is 0 Å². The largest absolute Gasteiger partial charge is 0.482 e. The first-order valence-corrected chi connectivity index (χ1v) is 4.77. The molecule has 0 saturated carbocycles. The van der Waals surface area contributed by atoms with Crippen LogP contribution in [0.15, 0.2) is 24.3 Å². The van der Waals surface area contributed by atoms with Gasteiger partial charge in [0.1, 0.15) is 11.3 Å². The zero-order valence-corrected chi connectivity index (χ0v) is 8.71. The van der Waals surface area contributed by atoms with Crippen LogP contribution in [0, 0.1) is 0 Å². The van der Waals surface area contributed by atoms with Crippen LogP contribution >= 0.6 is 15.9 Å². The summed E-state index contributed by atoms with van der Waals surface area (Å²) in [6, 6.07) is 6.74. The summed E-state index contributed by atoms with van der Waals surface area (Å²) in [5.41, 5.74) is 0.953. The first kappa shape index (κ1) is 10.1. The maximum atomic E-state index is 11.0. The van der Waals surface area contributed by atoms with Crippen molar-refractivity contribution >= 4 is 21.9 Å². The van der Waals surface area contributed by atoms with Crippen molar-refractivity contribution in [3.05, 3.63) is 29.8 Å². The molecule has 0 amide bonds. The Kier molecular flexibility index (Phi) is 3.76. The molecule has 0 fully saturated rings. The fourth-order valence-corrected chi connectivity index (χ4v) is 1.13. The zero-order valence-electron chi connectivity index (χ0n) is 7.12. The Morgan fingerprint density at radius 2 is 2.00 bits per heavy atom. The first-order valence-electron chi connectivity index (χ1n) is 3.65. The van der Waals surface area contributed by atoms with E-state index in [0.29, 0.717) is 16.8 Å². The van der Waals surface area contributed by atoms with Crippen LogP contribution in [0.2, 0.25) is 0 Å². The van der Waals surface area contributed by atoms with Gasteiger partial charge in [0, 0.05) is 0 Å². The number of hydrogen-bond donors (Lipinski definition) is 0. The molecule has 1 aromatic carbocycles. The Balaban J connectivity index is 2.75. The molecular formula is C9H9BrO3. The number of rotatable bonds is 3. The average molecular weight is 245 g/mol. The molecule has 0 N–H and O–H groups in total. The van der Waals surface area contributed by atoms with Gasteiger partial charge >= 0.3 is 5.97 Å². The number of benzene rings is 1. The lowest BCUT2D eigenvalue weighted by molar-refractivity contribution is 0.0600. The van der Waals surface area contributed by atoms with Crippen LogP contribution in [0.1, 0.15) is 10.4 Å². The maximum absolute atomic E-state index is 11.0. The van der Waals surface area contributed by atoms with Crippen molar-refractivity contribution in [2.24, 2.45) is 0 Å². The molecule has 0 aromatic heterocycles. The third-order valence-corrected chi connectivity index (χ3v) is 1.73.